The molecule has 1 aromatic carbocycles. The third kappa shape index (κ3) is 8.55. The molecule has 3 atom stereocenters. The number of hydrogen-bond donors (Lipinski definition) is 4. The van der Waals surface area contributed by atoms with Gasteiger partial charge in [0.05, 0.1) is 12.1 Å². The molecule has 1 aromatic heterocycles. The summed E-state index contributed by atoms with van der Waals surface area (Å²) in [5.74, 6) is -0.332. The van der Waals surface area contributed by atoms with E-state index in [1.54, 1.807) is 12.4 Å². The number of amides is 2. The SMILES string of the molecule is O=C(CCc1ccncc1)N[C@@H]1CC[C@H](C(=O)NCc2ccccc2)C[C@H]1O.O=CO. The molecule has 1 aliphatic rings. The molecule has 2 aromatic rings. The van der Waals surface area contributed by atoms with Crippen LogP contribution in [0.15, 0.2) is 54.9 Å². The van der Waals surface area contributed by atoms with Crippen LogP contribution in [0.5, 0.6) is 0 Å². The minimum absolute atomic E-state index is 0.0367. The largest absolute Gasteiger partial charge is 0.483 e. The van der Waals surface area contributed by atoms with Crippen molar-refractivity contribution in [3.05, 3.63) is 66.0 Å². The summed E-state index contributed by atoms with van der Waals surface area (Å²) in [6.45, 7) is 0.238. The zero-order valence-corrected chi connectivity index (χ0v) is 17.3. The van der Waals surface area contributed by atoms with E-state index in [1.807, 2.05) is 42.5 Å². The normalized spacial score (nSPS) is 20.0. The third-order valence-corrected chi connectivity index (χ3v) is 5.23. The lowest BCUT2D eigenvalue weighted by Gasteiger charge is -2.33. The predicted molar refractivity (Wildman–Crippen MR) is 115 cm³/mol. The Balaban J connectivity index is 0.00000107. The first-order valence-electron chi connectivity index (χ1n) is 10.3. The smallest absolute Gasteiger partial charge is 0.290 e. The van der Waals surface area contributed by atoms with Crippen LogP contribution in [0.2, 0.25) is 0 Å². The number of aliphatic hydroxyl groups excluding tert-OH is 1. The molecule has 4 N–H and O–H groups in total. The van der Waals surface area contributed by atoms with E-state index in [2.05, 4.69) is 15.6 Å². The van der Waals surface area contributed by atoms with Crippen molar-refractivity contribution in [2.45, 2.75) is 50.8 Å². The predicted octanol–water partition coefficient (Wildman–Crippen LogP) is 1.68. The van der Waals surface area contributed by atoms with Crippen molar-refractivity contribution in [3.8, 4) is 0 Å². The number of aliphatic hydroxyl groups is 1. The molecule has 8 nitrogen and oxygen atoms in total. The van der Waals surface area contributed by atoms with Gasteiger partial charge < -0.3 is 20.8 Å². The summed E-state index contributed by atoms with van der Waals surface area (Å²) in [5.41, 5.74) is 2.11. The summed E-state index contributed by atoms with van der Waals surface area (Å²) in [7, 11) is 0. The maximum absolute atomic E-state index is 12.4. The number of carbonyl (C=O) groups is 3. The molecule has 31 heavy (non-hydrogen) atoms. The van der Waals surface area contributed by atoms with Gasteiger partial charge in [0.1, 0.15) is 0 Å². The summed E-state index contributed by atoms with van der Waals surface area (Å²) >= 11 is 0. The molecular weight excluding hydrogens is 398 g/mol. The molecular formula is C23H29N3O5. The van der Waals surface area contributed by atoms with E-state index >= 15 is 0 Å². The number of pyridine rings is 1. The van der Waals surface area contributed by atoms with E-state index in [4.69, 9.17) is 9.90 Å². The van der Waals surface area contributed by atoms with Crippen LogP contribution >= 0.6 is 0 Å². The molecule has 0 aliphatic heterocycles. The summed E-state index contributed by atoms with van der Waals surface area (Å²) in [6.07, 6.45) is 5.36. The molecule has 166 valence electrons. The molecule has 0 saturated heterocycles. The first-order chi connectivity index (χ1) is 15.0. The Bertz CT molecular complexity index is 816. The van der Waals surface area contributed by atoms with E-state index in [-0.39, 0.29) is 30.2 Å². The summed E-state index contributed by atoms with van der Waals surface area (Å²) in [6, 6.07) is 13.2. The van der Waals surface area contributed by atoms with Crippen molar-refractivity contribution >= 4 is 18.3 Å². The summed E-state index contributed by atoms with van der Waals surface area (Å²) in [4.78, 5) is 36.9. The zero-order chi connectivity index (χ0) is 22.5. The second-order valence-corrected chi connectivity index (χ2v) is 7.42. The Kier molecular flexibility index (Phi) is 10.2. The van der Waals surface area contributed by atoms with E-state index in [9.17, 15) is 14.7 Å². The molecule has 1 heterocycles. The van der Waals surface area contributed by atoms with Crippen LogP contribution in [0.3, 0.4) is 0 Å². The third-order valence-electron chi connectivity index (χ3n) is 5.23. The lowest BCUT2D eigenvalue weighted by Crippen LogP contribution is -2.49. The number of aryl methyl sites for hydroxylation is 1. The maximum atomic E-state index is 12.4. The molecule has 0 spiro atoms. The lowest BCUT2D eigenvalue weighted by atomic mass is 9.83. The number of benzene rings is 1. The van der Waals surface area contributed by atoms with Gasteiger partial charge in [0, 0.05) is 31.3 Å². The Morgan fingerprint density at radius 1 is 1.06 bits per heavy atom. The van der Waals surface area contributed by atoms with Gasteiger partial charge in [-0.25, -0.2) is 0 Å². The number of aromatic nitrogens is 1. The van der Waals surface area contributed by atoms with Crippen molar-refractivity contribution in [2.24, 2.45) is 5.92 Å². The van der Waals surface area contributed by atoms with Gasteiger partial charge in [0.25, 0.3) is 6.47 Å². The van der Waals surface area contributed by atoms with Gasteiger partial charge in [-0.15, -0.1) is 0 Å². The molecule has 3 rings (SSSR count). The van der Waals surface area contributed by atoms with Crippen LogP contribution in [0.4, 0.5) is 0 Å². The van der Waals surface area contributed by atoms with E-state index < -0.39 is 6.10 Å². The van der Waals surface area contributed by atoms with Gasteiger partial charge >= 0.3 is 0 Å². The standard InChI is InChI=1S/C22H27N3O3.CH2O2/c26-20-14-18(22(28)24-15-17-4-2-1-3-5-17)7-8-19(20)25-21(27)9-6-16-10-12-23-13-11-16;2-1-3/h1-5,10-13,18-20,26H,6-9,14-15H2,(H,24,28)(H,25,27);1H,(H,2,3)/t18-,19+,20+;/m0./s1. The average Bonchev–Trinajstić information content (AvgIpc) is 2.79. The fourth-order valence-electron chi connectivity index (χ4n) is 3.57. The topological polar surface area (TPSA) is 129 Å². The zero-order valence-electron chi connectivity index (χ0n) is 17.3. The average molecular weight is 428 g/mol. The molecule has 1 saturated carbocycles. The Morgan fingerprint density at radius 3 is 2.39 bits per heavy atom. The molecule has 0 radical (unpaired) electrons. The first kappa shape index (κ1) is 24.0. The monoisotopic (exact) mass is 427 g/mol. The minimum Gasteiger partial charge on any atom is -0.483 e. The van der Waals surface area contributed by atoms with Crippen LogP contribution in [-0.4, -0.2) is 45.6 Å². The van der Waals surface area contributed by atoms with Crippen molar-refractivity contribution in [1.29, 1.82) is 0 Å². The van der Waals surface area contributed by atoms with Crippen LogP contribution in [0, 0.1) is 5.92 Å². The fourth-order valence-corrected chi connectivity index (χ4v) is 3.57. The van der Waals surface area contributed by atoms with E-state index in [1.165, 1.54) is 0 Å². The van der Waals surface area contributed by atoms with Crippen molar-refractivity contribution in [1.82, 2.24) is 15.6 Å². The number of carbonyl (C=O) groups excluding carboxylic acids is 2. The Morgan fingerprint density at radius 2 is 1.74 bits per heavy atom. The van der Waals surface area contributed by atoms with Crippen LogP contribution in [0.25, 0.3) is 0 Å². The molecule has 8 heteroatoms. The fraction of sp³-hybridized carbons (Fsp3) is 0.391. The quantitative estimate of drug-likeness (QED) is 0.498. The molecule has 2 amide bonds. The van der Waals surface area contributed by atoms with Gasteiger partial charge in [-0.05, 0) is 48.9 Å². The molecule has 1 fully saturated rings. The van der Waals surface area contributed by atoms with E-state index in [0.717, 1.165) is 11.1 Å². The number of carboxylic acid groups (broad SMARTS) is 1. The Labute approximate surface area is 181 Å². The van der Waals surface area contributed by atoms with Gasteiger partial charge in [-0.2, -0.15) is 0 Å². The maximum Gasteiger partial charge on any atom is 0.290 e. The van der Waals surface area contributed by atoms with Crippen LogP contribution in [-0.2, 0) is 27.3 Å². The van der Waals surface area contributed by atoms with Crippen LogP contribution < -0.4 is 10.6 Å². The number of nitrogens with zero attached hydrogens (tertiary/aromatic N) is 1. The minimum atomic E-state index is -0.703. The van der Waals surface area contributed by atoms with Crippen LogP contribution in [0.1, 0.15) is 36.8 Å². The highest BCUT2D eigenvalue weighted by Crippen LogP contribution is 2.25. The highest BCUT2D eigenvalue weighted by atomic mass is 16.3. The van der Waals surface area contributed by atoms with Crippen molar-refractivity contribution in [2.75, 3.05) is 0 Å². The summed E-state index contributed by atoms with van der Waals surface area (Å²) in [5, 5.41) is 23.2. The molecule has 0 unspecified atom stereocenters. The van der Waals surface area contributed by atoms with Gasteiger partial charge in [-0.3, -0.25) is 19.4 Å². The van der Waals surface area contributed by atoms with Crippen molar-refractivity contribution < 1.29 is 24.6 Å². The van der Waals surface area contributed by atoms with Crippen molar-refractivity contribution in [3.63, 3.8) is 0 Å². The number of hydrogen-bond acceptors (Lipinski definition) is 5. The first-order valence-corrected chi connectivity index (χ1v) is 10.3. The lowest BCUT2D eigenvalue weighted by molar-refractivity contribution is -0.128. The number of rotatable bonds is 7. The summed E-state index contributed by atoms with van der Waals surface area (Å²) < 4.78 is 0. The highest BCUT2D eigenvalue weighted by Gasteiger charge is 2.33. The number of nitrogens with one attached hydrogen (secondary N) is 2. The highest BCUT2D eigenvalue weighted by molar-refractivity contribution is 5.79. The Hall–Kier alpha value is -3.26. The second kappa shape index (κ2) is 13.1. The van der Waals surface area contributed by atoms with Gasteiger partial charge in [0.2, 0.25) is 11.8 Å². The van der Waals surface area contributed by atoms with Gasteiger partial charge in [-0.1, -0.05) is 30.3 Å². The molecule has 1 aliphatic carbocycles. The second-order valence-electron chi connectivity index (χ2n) is 7.42. The molecule has 0 bridgehead atoms. The van der Waals surface area contributed by atoms with E-state index in [0.29, 0.717) is 38.6 Å². The van der Waals surface area contributed by atoms with Gasteiger partial charge in [0.15, 0.2) is 0 Å².